The average molecular weight is 452 g/mol. The number of aliphatic carboxylic acids is 1. The fourth-order valence-electron chi connectivity index (χ4n) is 5.84. The van der Waals surface area contributed by atoms with Crippen molar-refractivity contribution < 1.29 is 14.6 Å². The van der Waals surface area contributed by atoms with E-state index in [-0.39, 0.29) is 12.0 Å². The van der Waals surface area contributed by atoms with Gasteiger partial charge in [-0.3, -0.25) is 9.69 Å². The molecule has 0 spiro atoms. The number of hydrogen-bond donors (Lipinski definition) is 1. The fourth-order valence-corrected chi connectivity index (χ4v) is 5.84. The molecular weight excluding hydrogens is 410 g/mol. The number of nitrogens with zero attached hydrogens (tertiary/aromatic N) is 1. The fraction of sp³-hybridized carbons (Fsp3) is 0.621. The van der Waals surface area contributed by atoms with Gasteiger partial charge in [0.25, 0.3) is 0 Å². The Morgan fingerprint density at radius 3 is 2.30 bits per heavy atom. The number of carboxylic acids is 1. The third-order valence-electron chi connectivity index (χ3n) is 8.62. The van der Waals surface area contributed by atoms with Crippen LogP contribution in [0.15, 0.2) is 30.3 Å². The highest BCUT2D eigenvalue weighted by atomic mass is 16.5. The number of fused-ring (bicyclic) bond motifs is 1. The maximum absolute atomic E-state index is 11.4. The molecule has 1 heterocycles. The molecule has 180 valence electrons. The van der Waals surface area contributed by atoms with Gasteiger partial charge in [0.15, 0.2) is 0 Å². The third-order valence-corrected chi connectivity index (χ3v) is 8.62. The van der Waals surface area contributed by atoms with E-state index in [0.717, 1.165) is 57.0 Å². The number of ether oxygens (including phenoxy) is 1. The normalized spacial score (nSPS) is 23.0. The molecule has 0 bridgehead atoms. The molecule has 0 atom stereocenters. The van der Waals surface area contributed by atoms with E-state index in [1.165, 1.54) is 41.2 Å². The van der Waals surface area contributed by atoms with Crippen LogP contribution >= 0.6 is 0 Å². The van der Waals surface area contributed by atoms with Crippen LogP contribution in [-0.4, -0.2) is 35.2 Å². The summed E-state index contributed by atoms with van der Waals surface area (Å²) < 4.78 is 6.75. The van der Waals surface area contributed by atoms with E-state index in [1.54, 1.807) is 0 Å². The molecular formula is C29H41NO3. The van der Waals surface area contributed by atoms with E-state index in [9.17, 15) is 9.90 Å². The van der Waals surface area contributed by atoms with Crippen molar-refractivity contribution in [2.45, 2.75) is 85.3 Å². The zero-order valence-electron chi connectivity index (χ0n) is 20.9. The van der Waals surface area contributed by atoms with E-state index in [2.05, 4.69) is 62.9 Å². The van der Waals surface area contributed by atoms with Crippen LogP contribution in [0.4, 0.5) is 0 Å². The lowest BCUT2D eigenvalue weighted by Crippen LogP contribution is -2.36. The summed E-state index contributed by atoms with van der Waals surface area (Å²) >= 11 is 0. The van der Waals surface area contributed by atoms with Crippen molar-refractivity contribution in [3.63, 3.8) is 0 Å². The van der Waals surface area contributed by atoms with Crippen molar-refractivity contribution in [3.05, 3.63) is 41.5 Å². The molecule has 1 saturated heterocycles. The quantitative estimate of drug-likeness (QED) is 0.502. The molecule has 2 fully saturated rings. The van der Waals surface area contributed by atoms with Crippen LogP contribution in [0.2, 0.25) is 0 Å². The predicted molar refractivity (Wildman–Crippen MR) is 135 cm³/mol. The summed E-state index contributed by atoms with van der Waals surface area (Å²) in [4.78, 5) is 13.8. The van der Waals surface area contributed by atoms with Crippen molar-refractivity contribution >= 4 is 16.7 Å². The summed E-state index contributed by atoms with van der Waals surface area (Å²) in [5.41, 5.74) is 2.94. The highest BCUT2D eigenvalue weighted by Gasteiger charge is 2.33. The number of rotatable bonds is 7. The maximum atomic E-state index is 11.4. The predicted octanol–water partition coefficient (Wildman–Crippen LogP) is 6.82. The minimum absolute atomic E-state index is 0.200. The molecule has 2 aromatic carbocycles. The van der Waals surface area contributed by atoms with Crippen LogP contribution in [-0.2, 0) is 11.3 Å². The summed E-state index contributed by atoms with van der Waals surface area (Å²) in [6, 6.07) is 10.9. The van der Waals surface area contributed by atoms with Crippen molar-refractivity contribution in [2.24, 2.45) is 17.3 Å². The first-order valence-corrected chi connectivity index (χ1v) is 12.9. The second-order valence-electron chi connectivity index (χ2n) is 11.0. The van der Waals surface area contributed by atoms with E-state index in [4.69, 9.17) is 4.74 Å². The highest BCUT2D eigenvalue weighted by molar-refractivity contribution is 5.90. The smallest absolute Gasteiger partial charge is 0.306 e. The second-order valence-corrected chi connectivity index (χ2v) is 11.0. The Labute approximate surface area is 199 Å². The van der Waals surface area contributed by atoms with Crippen LogP contribution in [0.3, 0.4) is 0 Å². The zero-order chi connectivity index (χ0) is 23.6. The minimum atomic E-state index is -0.652. The van der Waals surface area contributed by atoms with Gasteiger partial charge in [0.05, 0.1) is 12.0 Å². The van der Waals surface area contributed by atoms with Crippen molar-refractivity contribution in [1.82, 2.24) is 4.90 Å². The SMILES string of the molecule is CCC(C)(C)C1CCC(Oc2cc(C)c3ccccc3c2CN2CCC(C(=O)O)CC2)CC1. The number of carbonyl (C=O) groups is 1. The molecule has 0 amide bonds. The zero-order valence-corrected chi connectivity index (χ0v) is 20.9. The topological polar surface area (TPSA) is 49.8 Å². The molecule has 0 aromatic heterocycles. The van der Waals surface area contributed by atoms with Crippen molar-refractivity contribution in [2.75, 3.05) is 13.1 Å². The first kappa shape index (κ1) is 24.1. The molecule has 4 rings (SSSR count). The van der Waals surface area contributed by atoms with Crippen LogP contribution in [0, 0.1) is 24.2 Å². The van der Waals surface area contributed by atoms with Gasteiger partial charge in [-0.1, -0.05) is 51.5 Å². The molecule has 2 aliphatic rings. The summed E-state index contributed by atoms with van der Waals surface area (Å²) in [6.07, 6.45) is 7.72. The van der Waals surface area contributed by atoms with Crippen molar-refractivity contribution in [3.8, 4) is 5.75 Å². The van der Waals surface area contributed by atoms with Crippen LogP contribution < -0.4 is 4.74 Å². The van der Waals surface area contributed by atoms with Gasteiger partial charge < -0.3 is 9.84 Å². The Kier molecular flexibility index (Phi) is 7.33. The maximum Gasteiger partial charge on any atom is 0.306 e. The number of likely N-dealkylation sites (tertiary alicyclic amines) is 1. The summed E-state index contributed by atoms with van der Waals surface area (Å²) in [5.74, 6) is 0.969. The minimum Gasteiger partial charge on any atom is -0.490 e. The van der Waals surface area contributed by atoms with Crippen LogP contribution in [0.25, 0.3) is 10.8 Å². The molecule has 1 N–H and O–H groups in total. The number of carboxylic acid groups (broad SMARTS) is 1. The molecule has 0 radical (unpaired) electrons. The Morgan fingerprint density at radius 1 is 1.06 bits per heavy atom. The second kappa shape index (κ2) is 10.0. The Balaban J connectivity index is 1.54. The molecule has 1 aliphatic carbocycles. The summed E-state index contributed by atoms with van der Waals surface area (Å²) in [6.45, 7) is 11.8. The van der Waals surface area contributed by atoms with Crippen molar-refractivity contribution in [1.29, 1.82) is 0 Å². The molecule has 1 saturated carbocycles. The molecule has 4 heteroatoms. The summed E-state index contributed by atoms with van der Waals surface area (Å²) in [5, 5.41) is 11.9. The summed E-state index contributed by atoms with van der Waals surface area (Å²) in [7, 11) is 0. The van der Waals surface area contributed by atoms with Crippen LogP contribution in [0.1, 0.15) is 76.8 Å². The Bertz CT molecular complexity index is 966. The van der Waals surface area contributed by atoms with Gasteiger partial charge in [-0.15, -0.1) is 0 Å². The van der Waals surface area contributed by atoms with E-state index in [0.29, 0.717) is 5.41 Å². The standard InChI is InChI=1S/C29H41NO3/c1-5-29(3,4)22-10-12-23(13-11-22)33-27-18-20(2)24-8-6-7-9-25(24)26(27)19-30-16-14-21(15-17-30)28(31)32/h6-9,18,21-23H,5,10-17,19H2,1-4H3,(H,31,32). The molecule has 33 heavy (non-hydrogen) atoms. The van der Waals surface area contributed by atoms with E-state index in [1.807, 2.05) is 0 Å². The Morgan fingerprint density at radius 2 is 1.70 bits per heavy atom. The lowest BCUT2D eigenvalue weighted by molar-refractivity contribution is -0.143. The molecule has 1 aliphatic heterocycles. The number of piperidine rings is 1. The average Bonchev–Trinajstić information content (AvgIpc) is 2.82. The number of benzene rings is 2. The first-order chi connectivity index (χ1) is 15.8. The largest absolute Gasteiger partial charge is 0.490 e. The number of aryl methyl sites for hydroxylation is 1. The molecule has 4 nitrogen and oxygen atoms in total. The van der Waals surface area contributed by atoms with Gasteiger partial charge in [-0.05, 0) is 92.3 Å². The van der Waals surface area contributed by atoms with Gasteiger partial charge in [0.1, 0.15) is 5.75 Å². The van der Waals surface area contributed by atoms with Gasteiger partial charge >= 0.3 is 5.97 Å². The van der Waals surface area contributed by atoms with Gasteiger partial charge in [0, 0.05) is 12.1 Å². The van der Waals surface area contributed by atoms with Gasteiger partial charge in [-0.2, -0.15) is 0 Å². The lowest BCUT2D eigenvalue weighted by atomic mass is 9.69. The first-order valence-electron chi connectivity index (χ1n) is 12.9. The van der Waals surface area contributed by atoms with Crippen LogP contribution in [0.5, 0.6) is 5.75 Å². The monoisotopic (exact) mass is 451 g/mol. The van der Waals surface area contributed by atoms with Gasteiger partial charge in [-0.25, -0.2) is 0 Å². The number of hydrogen-bond acceptors (Lipinski definition) is 3. The highest BCUT2D eigenvalue weighted by Crippen LogP contribution is 2.42. The molecule has 0 unspecified atom stereocenters. The third kappa shape index (κ3) is 5.37. The lowest BCUT2D eigenvalue weighted by Gasteiger charge is -2.39. The molecule has 2 aromatic rings. The van der Waals surface area contributed by atoms with Gasteiger partial charge in [0.2, 0.25) is 0 Å². The Hall–Kier alpha value is -2.07. The van der Waals surface area contributed by atoms with E-state index >= 15 is 0 Å². The van der Waals surface area contributed by atoms with E-state index < -0.39 is 5.97 Å².